The Kier molecular flexibility index (Phi) is 4.62. The second-order valence-corrected chi connectivity index (χ2v) is 6.54. The molecular weight excluding hydrogens is 286 g/mol. The number of hydrogen-bond donors (Lipinski definition) is 1. The SMILES string of the molecule is Cc1cc(C)nc(NCC2(c3ccccc3C)CCOCC2)n1. The Morgan fingerprint density at radius 3 is 2.35 bits per heavy atom. The molecule has 1 aromatic carbocycles. The van der Waals surface area contributed by atoms with Crippen molar-refractivity contribution in [2.75, 3.05) is 25.1 Å². The van der Waals surface area contributed by atoms with Crippen LogP contribution in [0, 0.1) is 20.8 Å². The molecule has 4 nitrogen and oxygen atoms in total. The molecule has 1 aliphatic rings. The van der Waals surface area contributed by atoms with E-state index >= 15 is 0 Å². The van der Waals surface area contributed by atoms with Gasteiger partial charge in [-0.2, -0.15) is 0 Å². The lowest BCUT2D eigenvalue weighted by Gasteiger charge is -2.39. The first-order valence-corrected chi connectivity index (χ1v) is 8.29. The van der Waals surface area contributed by atoms with Crippen LogP contribution in [-0.2, 0) is 10.2 Å². The third-order valence-electron chi connectivity index (χ3n) is 4.73. The molecule has 1 aromatic heterocycles. The zero-order valence-electron chi connectivity index (χ0n) is 14.2. The van der Waals surface area contributed by atoms with Crippen LogP contribution >= 0.6 is 0 Å². The van der Waals surface area contributed by atoms with Crippen molar-refractivity contribution < 1.29 is 4.74 Å². The third kappa shape index (κ3) is 3.53. The standard InChI is InChI=1S/C19H25N3O/c1-14-6-4-5-7-17(14)19(8-10-23-11-9-19)13-20-18-21-15(2)12-16(3)22-18/h4-7,12H,8-11,13H2,1-3H3,(H,20,21,22). The largest absolute Gasteiger partial charge is 0.381 e. The van der Waals surface area contributed by atoms with E-state index < -0.39 is 0 Å². The van der Waals surface area contributed by atoms with Crippen molar-refractivity contribution in [2.24, 2.45) is 0 Å². The van der Waals surface area contributed by atoms with Gasteiger partial charge in [-0.15, -0.1) is 0 Å². The number of aryl methyl sites for hydroxylation is 3. The van der Waals surface area contributed by atoms with E-state index in [0.717, 1.165) is 49.9 Å². The van der Waals surface area contributed by atoms with Gasteiger partial charge in [0.25, 0.3) is 0 Å². The van der Waals surface area contributed by atoms with Crippen LogP contribution in [0.4, 0.5) is 5.95 Å². The van der Waals surface area contributed by atoms with E-state index in [1.807, 2.05) is 19.9 Å². The predicted molar refractivity (Wildman–Crippen MR) is 92.9 cm³/mol. The minimum Gasteiger partial charge on any atom is -0.381 e. The first-order valence-electron chi connectivity index (χ1n) is 8.29. The van der Waals surface area contributed by atoms with Crippen molar-refractivity contribution in [1.29, 1.82) is 0 Å². The molecule has 122 valence electrons. The molecule has 23 heavy (non-hydrogen) atoms. The van der Waals surface area contributed by atoms with Gasteiger partial charge in [-0.05, 0) is 50.8 Å². The van der Waals surface area contributed by atoms with Gasteiger partial charge in [-0.25, -0.2) is 9.97 Å². The van der Waals surface area contributed by atoms with Crippen molar-refractivity contribution in [3.8, 4) is 0 Å². The Bertz CT molecular complexity index is 658. The summed E-state index contributed by atoms with van der Waals surface area (Å²) < 4.78 is 5.62. The van der Waals surface area contributed by atoms with Gasteiger partial charge >= 0.3 is 0 Å². The molecule has 0 atom stereocenters. The first kappa shape index (κ1) is 15.9. The number of benzene rings is 1. The lowest BCUT2D eigenvalue weighted by Crippen LogP contribution is -2.40. The second-order valence-electron chi connectivity index (χ2n) is 6.54. The zero-order valence-corrected chi connectivity index (χ0v) is 14.2. The van der Waals surface area contributed by atoms with Crippen LogP contribution < -0.4 is 5.32 Å². The van der Waals surface area contributed by atoms with E-state index in [4.69, 9.17) is 4.74 Å². The Morgan fingerprint density at radius 2 is 1.70 bits per heavy atom. The van der Waals surface area contributed by atoms with Crippen LogP contribution in [-0.4, -0.2) is 29.7 Å². The number of aromatic nitrogens is 2. The Balaban J connectivity index is 1.86. The van der Waals surface area contributed by atoms with Crippen LogP contribution in [0.15, 0.2) is 30.3 Å². The number of hydrogen-bond acceptors (Lipinski definition) is 4. The zero-order chi connectivity index (χ0) is 16.3. The Hall–Kier alpha value is -1.94. The van der Waals surface area contributed by atoms with Crippen molar-refractivity contribution in [2.45, 2.75) is 39.0 Å². The fraction of sp³-hybridized carbons (Fsp3) is 0.474. The van der Waals surface area contributed by atoms with Gasteiger partial charge < -0.3 is 10.1 Å². The summed E-state index contributed by atoms with van der Waals surface area (Å²) in [6, 6.07) is 10.7. The topological polar surface area (TPSA) is 47.0 Å². The van der Waals surface area contributed by atoms with Crippen molar-refractivity contribution in [3.63, 3.8) is 0 Å². The molecule has 0 amide bonds. The highest BCUT2D eigenvalue weighted by Gasteiger charge is 2.35. The summed E-state index contributed by atoms with van der Waals surface area (Å²) in [7, 11) is 0. The summed E-state index contributed by atoms with van der Waals surface area (Å²) in [6.07, 6.45) is 2.05. The van der Waals surface area contributed by atoms with E-state index in [0.29, 0.717) is 0 Å². The quantitative estimate of drug-likeness (QED) is 0.938. The average molecular weight is 311 g/mol. The molecule has 2 heterocycles. The third-order valence-corrected chi connectivity index (χ3v) is 4.73. The van der Waals surface area contributed by atoms with Gasteiger partial charge in [0.15, 0.2) is 0 Å². The van der Waals surface area contributed by atoms with Gasteiger partial charge in [0.05, 0.1) is 0 Å². The number of ether oxygens (including phenoxy) is 1. The lowest BCUT2D eigenvalue weighted by atomic mass is 9.72. The van der Waals surface area contributed by atoms with Crippen LogP contribution in [0.3, 0.4) is 0 Å². The van der Waals surface area contributed by atoms with Gasteiger partial charge in [0, 0.05) is 36.6 Å². The highest BCUT2D eigenvalue weighted by molar-refractivity contribution is 5.37. The van der Waals surface area contributed by atoms with Gasteiger partial charge in [-0.3, -0.25) is 0 Å². The second kappa shape index (κ2) is 6.67. The fourth-order valence-corrected chi connectivity index (χ4v) is 3.52. The monoisotopic (exact) mass is 311 g/mol. The van der Waals surface area contributed by atoms with Crippen LogP contribution in [0.5, 0.6) is 0 Å². The molecule has 0 radical (unpaired) electrons. The summed E-state index contributed by atoms with van der Waals surface area (Å²) in [5.41, 5.74) is 4.84. The molecule has 0 unspecified atom stereocenters. The number of rotatable bonds is 4. The Morgan fingerprint density at radius 1 is 1.04 bits per heavy atom. The minimum absolute atomic E-state index is 0.0879. The van der Waals surface area contributed by atoms with E-state index in [-0.39, 0.29) is 5.41 Å². The van der Waals surface area contributed by atoms with Gasteiger partial charge in [0.1, 0.15) is 0 Å². The van der Waals surface area contributed by atoms with Crippen molar-refractivity contribution in [1.82, 2.24) is 9.97 Å². The molecule has 0 saturated carbocycles. The maximum Gasteiger partial charge on any atom is 0.223 e. The molecule has 4 heteroatoms. The molecule has 1 aliphatic heterocycles. The van der Waals surface area contributed by atoms with E-state index in [9.17, 15) is 0 Å². The number of nitrogens with zero attached hydrogens (tertiary/aromatic N) is 2. The maximum absolute atomic E-state index is 5.62. The highest BCUT2D eigenvalue weighted by atomic mass is 16.5. The molecular formula is C19H25N3O. The minimum atomic E-state index is 0.0879. The molecule has 1 N–H and O–H groups in total. The highest BCUT2D eigenvalue weighted by Crippen LogP contribution is 2.36. The van der Waals surface area contributed by atoms with Crippen molar-refractivity contribution >= 4 is 5.95 Å². The normalized spacial score (nSPS) is 17.0. The molecule has 1 saturated heterocycles. The molecule has 0 spiro atoms. The smallest absolute Gasteiger partial charge is 0.223 e. The molecule has 0 bridgehead atoms. The molecule has 1 fully saturated rings. The predicted octanol–water partition coefficient (Wildman–Crippen LogP) is 3.56. The van der Waals surface area contributed by atoms with E-state index in [1.54, 1.807) is 0 Å². The number of nitrogens with one attached hydrogen (secondary N) is 1. The summed E-state index contributed by atoms with van der Waals surface area (Å²) in [4.78, 5) is 9.02. The van der Waals surface area contributed by atoms with E-state index in [1.165, 1.54) is 11.1 Å². The number of anilines is 1. The fourth-order valence-electron chi connectivity index (χ4n) is 3.52. The van der Waals surface area contributed by atoms with Gasteiger partial charge in [-0.1, -0.05) is 24.3 Å². The first-order chi connectivity index (χ1) is 11.1. The van der Waals surface area contributed by atoms with Crippen LogP contribution in [0.1, 0.15) is 35.4 Å². The molecule has 2 aromatic rings. The Labute approximate surface area is 138 Å². The lowest BCUT2D eigenvalue weighted by molar-refractivity contribution is 0.0541. The summed E-state index contributed by atoms with van der Waals surface area (Å²) in [6.45, 7) is 8.66. The molecule has 3 rings (SSSR count). The van der Waals surface area contributed by atoms with Crippen LogP contribution in [0.2, 0.25) is 0 Å². The van der Waals surface area contributed by atoms with Gasteiger partial charge in [0.2, 0.25) is 5.95 Å². The van der Waals surface area contributed by atoms with E-state index in [2.05, 4.69) is 46.5 Å². The maximum atomic E-state index is 5.62. The van der Waals surface area contributed by atoms with Crippen molar-refractivity contribution in [3.05, 3.63) is 52.8 Å². The summed E-state index contributed by atoms with van der Waals surface area (Å²) in [5.74, 6) is 0.724. The summed E-state index contributed by atoms with van der Waals surface area (Å²) >= 11 is 0. The summed E-state index contributed by atoms with van der Waals surface area (Å²) in [5, 5.41) is 3.48. The van der Waals surface area contributed by atoms with Crippen LogP contribution in [0.25, 0.3) is 0 Å². The average Bonchev–Trinajstić information content (AvgIpc) is 2.53. The molecule has 0 aliphatic carbocycles.